The molecule has 4 nitrogen and oxygen atoms in total. The highest BCUT2D eigenvalue weighted by molar-refractivity contribution is 9.10. The van der Waals surface area contributed by atoms with Crippen LogP contribution in [0, 0.1) is 0 Å². The minimum atomic E-state index is -0.885. The van der Waals surface area contributed by atoms with Crippen LogP contribution in [0.25, 0.3) is 0 Å². The normalized spacial score (nSPS) is 25.8. The lowest BCUT2D eigenvalue weighted by atomic mass is 9.97. The number of fused-ring (bicyclic) bond motifs is 1. The zero-order valence-corrected chi connectivity index (χ0v) is 13.6. The standard InChI is InChI=1S/C16H21BrN2O2/c17-15-8-11(16(20)21)3-4-12(15)10-18-13-5-7-19-6-1-2-14(19)9-13/h3-4,8,13-14,18H,1-2,5-7,9-10H2,(H,20,21). The van der Waals surface area contributed by atoms with Crippen LogP contribution in [0.15, 0.2) is 22.7 Å². The van der Waals surface area contributed by atoms with Crippen LogP contribution in [0.1, 0.15) is 41.6 Å². The van der Waals surface area contributed by atoms with Crippen LogP contribution in [0.5, 0.6) is 0 Å². The van der Waals surface area contributed by atoms with Crippen molar-refractivity contribution in [3.8, 4) is 0 Å². The fraction of sp³-hybridized carbons (Fsp3) is 0.562. The fourth-order valence-corrected chi connectivity index (χ4v) is 4.01. The van der Waals surface area contributed by atoms with E-state index in [-0.39, 0.29) is 0 Å². The topological polar surface area (TPSA) is 52.6 Å². The van der Waals surface area contributed by atoms with Gasteiger partial charge in [0.1, 0.15) is 0 Å². The zero-order valence-electron chi connectivity index (χ0n) is 12.0. The Labute approximate surface area is 133 Å². The molecule has 2 aliphatic heterocycles. The number of halogens is 1. The summed E-state index contributed by atoms with van der Waals surface area (Å²) in [6.45, 7) is 3.28. The number of aromatic carboxylic acids is 1. The SMILES string of the molecule is O=C(O)c1ccc(CNC2CCN3CCCC3C2)c(Br)c1. The molecule has 2 heterocycles. The lowest BCUT2D eigenvalue weighted by Crippen LogP contribution is -2.45. The van der Waals surface area contributed by atoms with E-state index in [9.17, 15) is 4.79 Å². The van der Waals surface area contributed by atoms with Gasteiger partial charge in [-0.2, -0.15) is 0 Å². The number of carboxylic acid groups (broad SMARTS) is 1. The number of nitrogens with zero attached hydrogens (tertiary/aromatic N) is 1. The summed E-state index contributed by atoms with van der Waals surface area (Å²) in [7, 11) is 0. The van der Waals surface area contributed by atoms with Gasteiger partial charge in [-0.15, -0.1) is 0 Å². The van der Waals surface area contributed by atoms with Crippen molar-refractivity contribution >= 4 is 21.9 Å². The van der Waals surface area contributed by atoms with E-state index in [1.807, 2.05) is 6.07 Å². The number of carboxylic acids is 1. The first-order valence-corrected chi connectivity index (χ1v) is 8.42. The van der Waals surface area contributed by atoms with Crippen molar-refractivity contribution in [2.24, 2.45) is 0 Å². The first-order chi connectivity index (χ1) is 10.1. The van der Waals surface area contributed by atoms with Gasteiger partial charge in [-0.1, -0.05) is 22.0 Å². The third-order valence-corrected chi connectivity index (χ3v) is 5.44. The van der Waals surface area contributed by atoms with Gasteiger partial charge in [0.2, 0.25) is 0 Å². The molecule has 0 spiro atoms. The van der Waals surface area contributed by atoms with Crippen molar-refractivity contribution in [2.45, 2.75) is 44.3 Å². The van der Waals surface area contributed by atoms with Gasteiger partial charge in [-0.3, -0.25) is 0 Å². The zero-order chi connectivity index (χ0) is 14.8. The van der Waals surface area contributed by atoms with Gasteiger partial charge in [0.05, 0.1) is 5.56 Å². The maximum Gasteiger partial charge on any atom is 0.335 e. The third kappa shape index (κ3) is 3.47. The molecule has 3 rings (SSSR count). The summed E-state index contributed by atoms with van der Waals surface area (Å²) in [6.07, 6.45) is 5.14. The summed E-state index contributed by atoms with van der Waals surface area (Å²) in [5.41, 5.74) is 1.44. The largest absolute Gasteiger partial charge is 0.478 e. The number of hydrogen-bond donors (Lipinski definition) is 2. The van der Waals surface area contributed by atoms with Crippen LogP contribution in [-0.2, 0) is 6.54 Å². The van der Waals surface area contributed by atoms with E-state index in [4.69, 9.17) is 5.11 Å². The number of rotatable bonds is 4. The molecule has 0 saturated carbocycles. The maximum absolute atomic E-state index is 10.9. The van der Waals surface area contributed by atoms with Gasteiger partial charge in [-0.25, -0.2) is 4.79 Å². The Morgan fingerprint density at radius 2 is 2.24 bits per heavy atom. The van der Waals surface area contributed by atoms with Gasteiger partial charge < -0.3 is 15.3 Å². The molecule has 2 atom stereocenters. The second kappa shape index (κ2) is 6.46. The minimum absolute atomic E-state index is 0.324. The smallest absolute Gasteiger partial charge is 0.335 e. The van der Waals surface area contributed by atoms with E-state index in [1.54, 1.807) is 12.1 Å². The lowest BCUT2D eigenvalue weighted by molar-refractivity contribution is 0.0697. The second-order valence-corrected chi connectivity index (χ2v) is 6.90. The molecule has 0 amide bonds. The highest BCUT2D eigenvalue weighted by atomic mass is 79.9. The van der Waals surface area contributed by atoms with Crippen LogP contribution < -0.4 is 5.32 Å². The maximum atomic E-state index is 10.9. The summed E-state index contributed by atoms with van der Waals surface area (Å²) in [5, 5.41) is 12.6. The molecule has 21 heavy (non-hydrogen) atoms. The van der Waals surface area contributed by atoms with E-state index >= 15 is 0 Å². The highest BCUT2D eigenvalue weighted by Gasteiger charge is 2.31. The Hall–Kier alpha value is -0.910. The average molecular weight is 353 g/mol. The molecule has 2 unspecified atom stereocenters. The van der Waals surface area contributed by atoms with Gasteiger partial charge in [-0.05, 0) is 56.5 Å². The van der Waals surface area contributed by atoms with Crippen molar-refractivity contribution in [1.82, 2.24) is 10.2 Å². The van der Waals surface area contributed by atoms with Gasteiger partial charge >= 0.3 is 5.97 Å². The molecular weight excluding hydrogens is 332 g/mol. The van der Waals surface area contributed by atoms with E-state index in [0.29, 0.717) is 11.6 Å². The van der Waals surface area contributed by atoms with Crippen molar-refractivity contribution < 1.29 is 9.90 Å². The van der Waals surface area contributed by atoms with Crippen molar-refractivity contribution in [3.63, 3.8) is 0 Å². The Kier molecular flexibility index (Phi) is 4.62. The third-order valence-electron chi connectivity index (χ3n) is 4.70. The molecule has 5 heteroatoms. The van der Waals surface area contributed by atoms with Gasteiger partial charge in [0, 0.05) is 23.1 Å². The molecule has 0 aromatic heterocycles. The average Bonchev–Trinajstić information content (AvgIpc) is 2.93. The number of hydrogen-bond acceptors (Lipinski definition) is 3. The Morgan fingerprint density at radius 1 is 1.38 bits per heavy atom. The first kappa shape index (κ1) is 15.0. The molecule has 2 N–H and O–H groups in total. The number of benzene rings is 1. The summed E-state index contributed by atoms with van der Waals surface area (Å²) < 4.78 is 0.869. The summed E-state index contributed by atoms with van der Waals surface area (Å²) in [4.78, 5) is 13.6. The van der Waals surface area contributed by atoms with Crippen LogP contribution in [0.3, 0.4) is 0 Å². The Morgan fingerprint density at radius 3 is 3.00 bits per heavy atom. The molecule has 2 saturated heterocycles. The summed E-state index contributed by atoms with van der Waals surface area (Å²) >= 11 is 3.47. The first-order valence-electron chi connectivity index (χ1n) is 7.62. The predicted octanol–water partition coefficient (Wildman–Crippen LogP) is 2.86. The van der Waals surface area contributed by atoms with Crippen molar-refractivity contribution in [3.05, 3.63) is 33.8 Å². The molecule has 0 radical (unpaired) electrons. The van der Waals surface area contributed by atoms with Crippen LogP contribution >= 0.6 is 15.9 Å². The summed E-state index contributed by atoms with van der Waals surface area (Å²) in [5.74, 6) is -0.885. The van der Waals surface area contributed by atoms with Gasteiger partial charge in [0.15, 0.2) is 0 Å². The van der Waals surface area contributed by atoms with Crippen molar-refractivity contribution in [1.29, 1.82) is 0 Å². The molecule has 0 aliphatic carbocycles. The Balaban J connectivity index is 1.56. The number of piperidine rings is 1. The molecule has 114 valence electrons. The van der Waals surface area contributed by atoms with E-state index < -0.39 is 5.97 Å². The molecule has 2 aliphatic rings. The Bertz CT molecular complexity index is 535. The van der Waals surface area contributed by atoms with Crippen LogP contribution in [-0.4, -0.2) is 41.1 Å². The lowest BCUT2D eigenvalue weighted by Gasteiger charge is -2.35. The fourth-order valence-electron chi connectivity index (χ4n) is 3.49. The molecule has 0 bridgehead atoms. The van der Waals surface area contributed by atoms with Crippen LogP contribution in [0.4, 0.5) is 0 Å². The van der Waals surface area contributed by atoms with Crippen molar-refractivity contribution in [2.75, 3.05) is 13.1 Å². The molecule has 2 fully saturated rings. The summed E-state index contributed by atoms with van der Waals surface area (Å²) in [6, 6.07) is 6.60. The molecule has 1 aromatic rings. The second-order valence-electron chi connectivity index (χ2n) is 6.05. The number of carbonyl (C=O) groups is 1. The highest BCUT2D eigenvalue weighted by Crippen LogP contribution is 2.27. The number of nitrogens with one attached hydrogen (secondary N) is 1. The minimum Gasteiger partial charge on any atom is -0.478 e. The molecular formula is C16H21BrN2O2. The predicted molar refractivity (Wildman–Crippen MR) is 85.6 cm³/mol. The quantitative estimate of drug-likeness (QED) is 0.874. The monoisotopic (exact) mass is 352 g/mol. The molecule has 1 aromatic carbocycles. The van der Waals surface area contributed by atoms with Crippen LogP contribution in [0.2, 0.25) is 0 Å². The van der Waals surface area contributed by atoms with E-state index in [2.05, 4.69) is 26.1 Å². The van der Waals surface area contributed by atoms with Gasteiger partial charge in [0.25, 0.3) is 0 Å². The van der Waals surface area contributed by atoms with E-state index in [0.717, 1.165) is 22.6 Å². The van der Waals surface area contributed by atoms with E-state index in [1.165, 1.54) is 38.8 Å².